The van der Waals surface area contributed by atoms with Crippen LogP contribution in [0.3, 0.4) is 0 Å². The van der Waals surface area contributed by atoms with Crippen LogP contribution in [0.5, 0.6) is 5.75 Å². The van der Waals surface area contributed by atoms with Gasteiger partial charge in [0, 0.05) is 25.4 Å². The minimum atomic E-state index is -1.000. The van der Waals surface area contributed by atoms with Crippen molar-refractivity contribution in [1.82, 2.24) is 9.78 Å². The summed E-state index contributed by atoms with van der Waals surface area (Å²) < 4.78 is 7.79. The minimum Gasteiger partial charge on any atom is -0.488 e. The first-order chi connectivity index (χ1) is 13.6. The number of nitrogens with zero attached hydrogens (tertiary/aromatic N) is 2. The van der Waals surface area contributed by atoms with Crippen molar-refractivity contribution in [1.29, 1.82) is 0 Å². The first kappa shape index (κ1) is 17.8. The summed E-state index contributed by atoms with van der Waals surface area (Å²) >= 11 is 0. The number of carbonyl (C=O) groups is 1. The van der Waals surface area contributed by atoms with Crippen molar-refractivity contribution in [2.75, 3.05) is 0 Å². The number of rotatable bonds is 6. The van der Waals surface area contributed by atoms with Crippen molar-refractivity contribution in [2.45, 2.75) is 13.0 Å². The number of carboxylic acid groups (broad SMARTS) is 1. The summed E-state index contributed by atoms with van der Waals surface area (Å²) in [5.74, 6) is -0.625. The summed E-state index contributed by atoms with van der Waals surface area (Å²) in [5.41, 5.74) is 3.20. The molecule has 0 radical (unpaired) electrons. The van der Waals surface area contributed by atoms with Crippen LogP contribution in [0.2, 0.25) is 0 Å². The average Bonchev–Trinajstić information content (AvgIpc) is 3.10. The van der Waals surface area contributed by atoms with Crippen LogP contribution >= 0.6 is 0 Å². The Hall–Kier alpha value is -3.60. The molecule has 0 aliphatic carbocycles. The second-order valence-corrected chi connectivity index (χ2v) is 6.69. The number of ether oxygens (including phenoxy) is 1. The molecule has 0 unspecified atom stereocenters. The van der Waals surface area contributed by atoms with Crippen molar-refractivity contribution in [2.24, 2.45) is 7.05 Å². The molecule has 0 amide bonds. The predicted octanol–water partition coefficient (Wildman–Crippen LogP) is 4.44. The highest BCUT2D eigenvalue weighted by Crippen LogP contribution is 2.25. The van der Waals surface area contributed by atoms with Crippen LogP contribution in [-0.2, 0) is 20.1 Å². The van der Waals surface area contributed by atoms with Crippen LogP contribution in [0.25, 0.3) is 10.8 Å². The maximum atomic E-state index is 11.6. The summed E-state index contributed by atoms with van der Waals surface area (Å²) in [5, 5.41) is 15.9. The molecule has 1 heterocycles. The summed E-state index contributed by atoms with van der Waals surface area (Å²) in [4.78, 5) is 11.6. The van der Waals surface area contributed by atoms with Crippen LogP contribution in [0.1, 0.15) is 27.2 Å². The summed E-state index contributed by atoms with van der Waals surface area (Å²) in [6.45, 7) is 0.302. The second-order valence-electron chi connectivity index (χ2n) is 6.69. The summed E-state index contributed by atoms with van der Waals surface area (Å²) in [6.07, 6.45) is 2.40. The van der Waals surface area contributed by atoms with Gasteiger partial charge < -0.3 is 9.84 Å². The SMILES string of the molecule is Cn1nccc1Cc1ccc(C(=O)O)c(OCc2cccc3ccccc23)c1. The lowest BCUT2D eigenvalue weighted by Gasteiger charge is -2.13. The third-order valence-electron chi connectivity index (χ3n) is 4.85. The third kappa shape index (κ3) is 3.60. The summed E-state index contributed by atoms with van der Waals surface area (Å²) in [7, 11) is 1.89. The Morgan fingerprint density at radius 3 is 2.68 bits per heavy atom. The zero-order chi connectivity index (χ0) is 19.5. The van der Waals surface area contributed by atoms with Gasteiger partial charge in [0.05, 0.1) is 0 Å². The van der Waals surface area contributed by atoms with Crippen molar-refractivity contribution in [3.05, 3.63) is 95.3 Å². The monoisotopic (exact) mass is 372 g/mol. The van der Waals surface area contributed by atoms with Gasteiger partial charge in [-0.3, -0.25) is 4.68 Å². The Bertz CT molecular complexity index is 1140. The lowest BCUT2D eigenvalue weighted by Crippen LogP contribution is -2.05. The Morgan fingerprint density at radius 2 is 1.89 bits per heavy atom. The van der Waals surface area contributed by atoms with Gasteiger partial charge >= 0.3 is 5.97 Å². The van der Waals surface area contributed by atoms with Gasteiger partial charge in [0.1, 0.15) is 17.9 Å². The minimum absolute atomic E-state index is 0.161. The molecule has 3 aromatic carbocycles. The third-order valence-corrected chi connectivity index (χ3v) is 4.85. The van der Waals surface area contributed by atoms with E-state index in [0.29, 0.717) is 18.8 Å². The van der Waals surface area contributed by atoms with E-state index < -0.39 is 5.97 Å². The van der Waals surface area contributed by atoms with E-state index in [1.54, 1.807) is 12.3 Å². The smallest absolute Gasteiger partial charge is 0.339 e. The Labute approximate surface area is 162 Å². The summed E-state index contributed by atoms with van der Waals surface area (Å²) in [6, 6.07) is 21.3. The van der Waals surface area contributed by atoms with Gasteiger partial charge in [-0.15, -0.1) is 0 Å². The molecule has 0 aliphatic rings. The fourth-order valence-corrected chi connectivity index (χ4v) is 3.33. The van der Waals surface area contributed by atoms with E-state index in [2.05, 4.69) is 17.2 Å². The molecule has 0 saturated heterocycles. The molecule has 28 heavy (non-hydrogen) atoms. The number of aryl methyl sites for hydroxylation is 1. The van der Waals surface area contributed by atoms with Gasteiger partial charge in [-0.05, 0) is 40.1 Å². The van der Waals surface area contributed by atoms with E-state index in [4.69, 9.17) is 4.74 Å². The standard InChI is InChI=1S/C23H20N2O3/c1-25-19(11-12-24-25)13-16-9-10-21(23(26)27)22(14-16)28-15-18-7-4-6-17-5-2-3-8-20(17)18/h2-12,14H,13,15H2,1H3,(H,26,27). The second kappa shape index (κ2) is 7.56. The molecule has 1 N–H and O–H groups in total. The number of fused-ring (bicyclic) bond motifs is 1. The van der Waals surface area contributed by atoms with Crippen molar-refractivity contribution >= 4 is 16.7 Å². The van der Waals surface area contributed by atoms with E-state index in [0.717, 1.165) is 27.6 Å². The van der Waals surface area contributed by atoms with E-state index in [9.17, 15) is 9.90 Å². The lowest BCUT2D eigenvalue weighted by molar-refractivity contribution is 0.0692. The lowest BCUT2D eigenvalue weighted by atomic mass is 10.0. The fraction of sp³-hybridized carbons (Fsp3) is 0.130. The van der Waals surface area contributed by atoms with E-state index in [1.807, 2.05) is 60.3 Å². The molecule has 5 heteroatoms. The first-order valence-corrected chi connectivity index (χ1v) is 9.04. The molecular weight excluding hydrogens is 352 g/mol. The van der Waals surface area contributed by atoms with E-state index in [1.165, 1.54) is 0 Å². The quantitative estimate of drug-likeness (QED) is 0.543. The molecule has 4 aromatic rings. The molecule has 0 bridgehead atoms. The van der Waals surface area contributed by atoms with Gasteiger partial charge in [0.25, 0.3) is 0 Å². The zero-order valence-corrected chi connectivity index (χ0v) is 15.5. The Morgan fingerprint density at radius 1 is 1.07 bits per heavy atom. The topological polar surface area (TPSA) is 64.4 Å². The zero-order valence-electron chi connectivity index (χ0n) is 15.5. The molecule has 4 rings (SSSR count). The highest BCUT2D eigenvalue weighted by molar-refractivity contribution is 5.91. The molecule has 1 aromatic heterocycles. The normalized spacial score (nSPS) is 10.9. The number of hydrogen-bond donors (Lipinski definition) is 1. The number of aromatic nitrogens is 2. The predicted molar refractivity (Wildman–Crippen MR) is 108 cm³/mol. The maximum Gasteiger partial charge on any atom is 0.339 e. The Balaban J connectivity index is 1.62. The number of carboxylic acids is 1. The van der Waals surface area contributed by atoms with Gasteiger partial charge in [-0.25, -0.2) is 4.79 Å². The molecular formula is C23H20N2O3. The van der Waals surface area contributed by atoms with Gasteiger partial charge in [-0.2, -0.15) is 5.10 Å². The molecule has 0 spiro atoms. The largest absolute Gasteiger partial charge is 0.488 e. The molecule has 5 nitrogen and oxygen atoms in total. The number of hydrogen-bond acceptors (Lipinski definition) is 3. The van der Waals surface area contributed by atoms with Gasteiger partial charge in [0.2, 0.25) is 0 Å². The van der Waals surface area contributed by atoms with Gasteiger partial charge in [0.15, 0.2) is 0 Å². The highest BCUT2D eigenvalue weighted by atomic mass is 16.5. The maximum absolute atomic E-state index is 11.6. The number of aromatic carboxylic acids is 1. The van der Waals surface area contributed by atoms with E-state index in [-0.39, 0.29) is 5.56 Å². The molecule has 0 fully saturated rings. The number of benzene rings is 3. The Kier molecular flexibility index (Phi) is 4.81. The average molecular weight is 372 g/mol. The van der Waals surface area contributed by atoms with Crippen molar-refractivity contribution in [3.63, 3.8) is 0 Å². The molecule has 140 valence electrons. The van der Waals surface area contributed by atoms with Gasteiger partial charge in [-0.1, -0.05) is 48.5 Å². The van der Waals surface area contributed by atoms with Crippen LogP contribution in [-0.4, -0.2) is 20.9 Å². The molecule has 0 atom stereocenters. The molecule has 0 saturated carbocycles. The molecule has 0 aliphatic heterocycles. The van der Waals surface area contributed by atoms with Crippen molar-refractivity contribution in [3.8, 4) is 5.75 Å². The van der Waals surface area contributed by atoms with E-state index >= 15 is 0 Å². The van der Waals surface area contributed by atoms with Crippen LogP contribution in [0, 0.1) is 0 Å². The highest BCUT2D eigenvalue weighted by Gasteiger charge is 2.14. The van der Waals surface area contributed by atoms with Crippen LogP contribution < -0.4 is 4.74 Å². The fourth-order valence-electron chi connectivity index (χ4n) is 3.33. The van der Waals surface area contributed by atoms with Crippen molar-refractivity contribution < 1.29 is 14.6 Å². The van der Waals surface area contributed by atoms with Crippen LogP contribution in [0.4, 0.5) is 0 Å². The first-order valence-electron chi connectivity index (χ1n) is 9.04. The van der Waals surface area contributed by atoms with Crippen LogP contribution in [0.15, 0.2) is 72.9 Å².